The number of nitrogens with one attached hydrogen (secondary N) is 3. The van der Waals surface area contributed by atoms with Crippen molar-refractivity contribution in [2.45, 2.75) is 19.1 Å². The van der Waals surface area contributed by atoms with E-state index in [4.69, 9.17) is 4.74 Å². The number of halogens is 3. The van der Waals surface area contributed by atoms with Crippen molar-refractivity contribution in [3.63, 3.8) is 0 Å². The molecule has 3 aromatic rings. The number of carbonyl (C=O) groups excluding carboxylic acids is 1. The summed E-state index contributed by atoms with van der Waals surface area (Å²) in [5.41, 5.74) is 2.15. The smallest absolute Gasteiger partial charge is 0.392 e. The molecule has 0 aliphatic carbocycles. The van der Waals surface area contributed by atoms with Crippen molar-refractivity contribution >= 4 is 17.3 Å². The van der Waals surface area contributed by atoms with E-state index < -0.39 is 19.2 Å². The van der Waals surface area contributed by atoms with Gasteiger partial charge < -0.3 is 20.4 Å². The first kappa shape index (κ1) is 21.9. The minimum atomic E-state index is -4.27. The fraction of sp³-hybridized carbons (Fsp3) is 0.182. The first-order chi connectivity index (χ1) is 14.8. The minimum absolute atomic E-state index is 0.194. The molecule has 0 fully saturated rings. The number of rotatable bonds is 8. The van der Waals surface area contributed by atoms with Gasteiger partial charge in [0.1, 0.15) is 5.75 Å². The van der Waals surface area contributed by atoms with Crippen LogP contribution in [-0.4, -0.2) is 23.7 Å². The van der Waals surface area contributed by atoms with Crippen LogP contribution in [-0.2, 0) is 6.54 Å². The highest BCUT2D eigenvalue weighted by molar-refractivity contribution is 6.08. The van der Waals surface area contributed by atoms with Crippen LogP contribution in [0.1, 0.15) is 22.3 Å². The van der Waals surface area contributed by atoms with Gasteiger partial charge in [0.25, 0.3) is 5.91 Å². The van der Waals surface area contributed by atoms with Crippen molar-refractivity contribution in [3.8, 4) is 5.75 Å². The Morgan fingerprint density at radius 2 is 1.74 bits per heavy atom. The van der Waals surface area contributed by atoms with Crippen LogP contribution in [0.25, 0.3) is 0 Å². The second kappa shape index (κ2) is 9.84. The molecule has 9 heteroatoms. The number of pyridine rings is 1. The number of alkyl halides is 3. The SMILES string of the molecule is O=C(Nc1ccc(OCCC(F)(F)F)cc1)c1ccccc1NCc1ccc(=O)[nH]c1. The zero-order valence-corrected chi connectivity index (χ0v) is 16.3. The number of hydrogen-bond donors (Lipinski definition) is 3. The van der Waals surface area contributed by atoms with Gasteiger partial charge in [0.05, 0.1) is 18.6 Å². The maximum absolute atomic E-state index is 12.7. The van der Waals surface area contributed by atoms with E-state index in [1.807, 2.05) is 0 Å². The van der Waals surface area contributed by atoms with E-state index in [-0.39, 0.29) is 17.2 Å². The highest BCUT2D eigenvalue weighted by Gasteiger charge is 2.26. The number of H-pyrrole nitrogens is 1. The lowest BCUT2D eigenvalue weighted by atomic mass is 10.1. The van der Waals surface area contributed by atoms with Crippen LogP contribution in [0.3, 0.4) is 0 Å². The summed E-state index contributed by atoms with van der Waals surface area (Å²) < 4.78 is 41.6. The molecule has 2 aromatic carbocycles. The number of anilines is 2. The summed E-state index contributed by atoms with van der Waals surface area (Å²) in [5.74, 6) is -0.0690. The summed E-state index contributed by atoms with van der Waals surface area (Å²) in [6.45, 7) is -0.0609. The van der Waals surface area contributed by atoms with E-state index >= 15 is 0 Å². The maximum atomic E-state index is 12.7. The van der Waals surface area contributed by atoms with E-state index in [0.29, 0.717) is 23.5 Å². The van der Waals surface area contributed by atoms with Crippen molar-refractivity contribution in [3.05, 3.63) is 88.3 Å². The second-order valence-corrected chi connectivity index (χ2v) is 6.65. The van der Waals surface area contributed by atoms with Gasteiger partial charge in [-0.05, 0) is 42.0 Å². The average Bonchev–Trinajstić information content (AvgIpc) is 2.74. The first-order valence-electron chi connectivity index (χ1n) is 9.42. The Morgan fingerprint density at radius 1 is 1.00 bits per heavy atom. The highest BCUT2D eigenvalue weighted by atomic mass is 19.4. The number of hydrogen-bond acceptors (Lipinski definition) is 4. The quantitative estimate of drug-likeness (QED) is 0.488. The summed E-state index contributed by atoms with van der Waals surface area (Å²) in [7, 11) is 0. The molecule has 162 valence electrons. The molecule has 0 unspecified atom stereocenters. The lowest BCUT2D eigenvalue weighted by molar-refractivity contribution is -0.139. The van der Waals surface area contributed by atoms with E-state index in [9.17, 15) is 22.8 Å². The van der Waals surface area contributed by atoms with Crippen LogP contribution >= 0.6 is 0 Å². The fourth-order valence-electron chi connectivity index (χ4n) is 2.70. The molecule has 0 aliphatic rings. The normalized spacial score (nSPS) is 11.1. The van der Waals surface area contributed by atoms with Crippen LogP contribution in [0.2, 0.25) is 0 Å². The summed E-state index contributed by atoms with van der Waals surface area (Å²) in [5, 5.41) is 5.92. The number of aromatic amines is 1. The molecule has 3 rings (SSSR count). The van der Waals surface area contributed by atoms with Gasteiger partial charge in [-0.1, -0.05) is 18.2 Å². The second-order valence-electron chi connectivity index (χ2n) is 6.65. The molecule has 1 amide bonds. The molecule has 0 spiro atoms. The van der Waals surface area contributed by atoms with Crippen molar-refractivity contribution < 1.29 is 22.7 Å². The summed E-state index contributed by atoms with van der Waals surface area (Å²) >= 11 is 0. The van der Waals surface area contributed by atoms with Gasteiger partial charge in [-0.2, -0.15) is 13.2 Å². The molecular weight excluding hydrogens is 411 g/mol. The zero-order valence-electron chi connectivity index (χ0n) is 16.3. The molecular formula is C22H20F3N3O3. The van der Waals surface area contributed by atoms with Gasteiger partial charge in [0.15, 0.2) is 0 Å². The number of benzene rings is 2. The zero-order chi connectivity index (χ0) is 22.3. The maximum Gasteiger partial charge on any atom is 0.392 e. The predicted octanol–water partition coefficient (Wildman–Crippen LogP) is 4.57. The van der Waals surface area contributed by atoms with E-state index in [2.05, 4.69) is 15.6 Å². The summed E-state index contributed by atoms with van der Waals surface area (Å²) in [6, 6.07) is 16.2. The topological polar surface area (TPSA) is 83.2 Å². The Balaban J connectivity index is 1.60. The molecule has 0 bridgehead atoms. The van der Waals surface area contributed by atoms with Gasteiger partial charge in [-0.15, -0.1) is 0 Å². The van der Waals surface area contributed by atoms with Crippen LogP contribution < -0.4 is 20.9 Å². The molecule has 31 heavy (non-hydrogen) atoms. The fourth-order valence-corrected chi connectivity index (χ4v) is 2.70. The molecule has 0 atom stereocenters. The first-order valence-corrected chi connectivity index (χ1v) is 9.42. The van der Waals surface area contributed by atoms with Crippen molar-refractivity contribution in [2.75, 3.05) is 17.2 Å². The van der Waals surface area contributed by atoms with Crippen molar-refractivity contribution in [1.29, 1.82) is 0 Å². The summed E-state index contributed by atoms with van der Waals surface area (Å²) in [4.78, 5) is 26.4. The number of para-hydroxylation sites is 1. The Hall–Kier alpha value is -3.75. The average molecular weight is 431 g/mol. The third-order valence-electron chi connectivity index (χ3n) is 4.27. The standard InChI is InChI=1S/C22H20F3N3O3/c23-22(24,25)11-12-31-17-8-6-16(7-9-17)28-21(30)18-3-1-2-4-19(18)26-13-15-5-10-20(29)27-14-15/h1-10,14,26H,11-13H2,(H,27,29)(H,28,30). The van der Waals surface area contributed by atoms with Crippen molar-refractivity contribution in [1.82, 2.24) is 4.98 Å². The highest BCUT2D eigenvalue weighted by Crippen LogP contribution is 2.22. The van der Waals surface area contributed by atoms with E-state index in [0.717, 1.165) is 5.56 Å². The molecule has 6 nitrogen and oxygen atoms in total. The third-order valence-corrected chi connectivity index (χ3v) is 4.27. The lowest BCUT2D eigenvalue weighted by Gasteiger charge is -2.13. The Morgan fingerprint density at radius 3 is 2.42 bits per heavy atom. The minimum Gasteiger partial charge on any atom is -0.493 e. The molecule has 1 aromatic heterocycles. The molecule has 3 N–H and O–H groups in total. The number of ether oxygens (including phenoxy) is 1. The molecule has 0 saturated carbocycles. The van der Waals surface area contributed by atoms with Crippen LogP contribution in [0.15, 0.2) is 71.7 Å². The number of amides is 1. The molecule has 1 heterocycles. The van der Waals surface area contributed by atoms with Gasteiger partial charge in [0.2, 0.25) is 5.56 Å². The Bertz CT molecular complexity index is 1060. The van der Waals surface area contributed by atoms with Gasteiger partial charge in [-0.25, -0.2) is 0 Å². The van der Waals surface area contributed by atoms with Crippen molar-refractivity contribution in [2.24, 2.45) is 0 Å². The Labute approximate surface area is 176 Å². The van der Waals surface area contributed by atoms with Crippen LogP contribution in [0, 0.1) is 0 Å². The molecule has 0 radical (unpaired) electrons. The molecule has 0 saturated heterocycles. The summed E-state index contributed by atoms with van der Waals surface area (Å²) in [6.07, 6.45) is -3.71. The van der Waals surface area contributed by atoms with E-state index in [1.165, 1.54) is 18.2 Å². The van der Waals surface area contributed by atoms with Gasteiger partial charge in [-0.3, -0.25) is 9.59 Å². The van der Waals surface area contributed by atoms with Crippen LogP contribution in [0.5, 0.6) is 5.75 Å². The number of aromatic nitrogens is 1. The molecule has 0 aliphatic heterocycles. The van der Waals surface area contributed by atoms with Crippen LogP contribution in [0.4, 0.5) is 24.5 Å². The van der Waals surface area contributed by atoms with E-state index in [1.54, 1.807) is 48.7 Å². The predicted molar refractivity (Wildman–Crippen MR) is 111 cm³/mol. The van der Waals surface area contributed by atoms with Gasteiger partial charge in [0, 0.05) is 30.2 Å². The third kappa shape index (κ3) is 6.91. The number of carbonyl (C=O) groups is 1. The van der Waals surface area contributed by atoms with Gasteiger partial charge >= 0.3 is 6.18 Å². The monoisotopic (exact) mass is 431 g/mol. The largest absolute Gasteiger partial charge is 0.493 e. The Kier molecular flexibility index (Phi) is 6.96. The lowest BCUT2D eigenvalue weighted by Crippen LogP contribution is -2.15.